The van der Waals surface area contributed by atoms with Gasteiger partial charge in [-0.15, -0.1) is 12.4 Å². The van der Waals surface area contributed by atoms with Gasteiger partial charge in [0.25, 0.3) is 0 Å². The van der Waals surface area contributed by atoms with E-state index in [4.69, 9.17) is 15.2 Å². The predicted octanol–water partition coefficient (Wildman–Crippen LogP) is 0.694. The van der Waals surface area contributed by atoms with E-state index in [1.165, 1.54) is 7.11 Å². The Kier molecular flexibility index (Phi) is 9.40. The minimum atomic E-state index is -0.637. The topological polar surface area (TPSA) is 85.1 Å². The van der Waals surface area contributed by atoms with Crippen molar-refractivity contribution in [3.63, 3.8) is 0 Å². The number of carbonyl (C=O) groups excluding carboxylic acids is 2. The largest absolute Gasteiger partial charge is 0.497 e. The van der Waals surface area contributed by atoms with Crippen LogP contribution in [0.2, 0.25) is 0 Å². The molecule has 26 heavy (non-hydrogen) atoms. The number of benzene rings is 1. The molecule has 2 N–H and O–H groups in total. The first-order valence-electron chi connectivity index (χ1n) is 8.49. The van der Waals surface area contributed by atoms with Gasteiger partial charge in [0.2, 0.25) is 11.8 Å². The fourth-order valence-electron chi connectivity index (χ4n) is 2.86. The van der Waals surface area contributed by atoms with E-state index < -0.39 is 6.04 Å². The molecular formula is C18H28ClN3O4. The molecule has 1 heterocycles. The molecule has 1 saturated heterocycles. The van der Waals surface area contributed by atoms with Gasteiger partial charge >= 0.3 is 0 Å². The Morgan fingerprint density at radius 3 is 2.19 bits per heavy atom. The van der Waals surface area contributed by atoms with Crippen LogP contribution in [-0.2, 0) is 20.7 Å². The molecule has 0 bridgehead atoms. The molecule has 0 aliphatic carbocycles. The lowest BCUT2D eigenvalue weighted by molar-refractivity contribution is -0.141. The number of nitrogens with zero attached hydrogens (tertiary/aromatic N) is 2. The summed E-state index contributed by atoms with van der Waals surface area (Å²) in [6.45, 7) is 2.34. The maximum Gasteiger partial charge on any atom is 0.241 e. The summed E-state index contributed by atoms with van der Waals surface area (Å²) in [5.41, 5.74) is 6.89. The Hall–Kier alpha value is -1.83. The van der Waals surface area contributed by atoms with E-state index in [0.29, 0.717) is 39.0 Å². The van der Waals surface area contributed by atoms with Crippen LogP contribution in [0.5, 0.6) is 5.75 Å². The molecule has 0 spiro atoms. The van der Waals surface area contributed by atoms with Gasteiger partial charge in [0, 0.05) is 39.7 Å². The number of hydrogen-bond donors (Lipinski definition) is 1. The first kappa shape index (κ1) is 22.2. The maximum atomic E-state index is 12.4. The molecule has 146 valence electrons. The van der Waals surface area contributed by atoms with Crippen LogP contribution in [0.25, 0.3) is 0 Å². The zero-order chi connectivity index (χ0) is 18.2. The number of halogens is 1. The lowest BCUT2D eigenvalue weighted by atomic mass is 10.1. The van der Waals surface area contributed by atoms with E-state index >= 15 is 0 Å². The minimum Gasteiger partial charge on any atom is -0.497 e. The van der Waals surface area contributed by atoms with E-state index in [0.717, 1.165) is 11.3 Å². The van der Waals surface area contributed by atoms with Crippen LogP contribution in [0.15, 0.2) is 24.3 Å². The second-order valence-corrected chi connectivity index (χ2v) is 6.12. The third-order valence-electron chi connectivity index (χ3n) is 4.39. The summed E-state index contributed by atoms with van der Waals surface area (Å²) in [4.78, 5) is 28.0. The first-order valence-corrected chi connectivity index (χ1v) is 8.49. The molecule has 8 heteroatoms. The maximum absolute atomic E-state index is 12.4. The average molecular weight is 386 g/mol. The van der Waals surface area contributed by atoms with Crippen molar-refractivity contribution in [1.29, 1.82) is 0 Å². The minimum absolute atomic E-state index is 0. The number of carbonyl (C=O) groups is 2. The second-order valence-electron chi connectivity index (χ2n) is 6.12. The van der Waals surface area contributed by atoms with Gasteiger partial charge in [0.15, 0.2) is 0 Å². The molecule has 1 aromatic carbocycles. The molecule has 1 unspecified atom stereocenters. The van der Waals surface area contributed by atoms with Crippen LogP contribution in [0.4, 0.5) is 0 Å². The van der Waals surface area contributed by atoms with Crippen LogP contribution < -0.4 is 10.5 Å². The lowest BCUT2D eigenvalue weighted by Gasteiger charge is -2.36. The summed E-state index contributed by atoms with van der Waals surface area (Å²) >= 11 is 0. The Morgan fingerprint density at radius 2 is 1.65 bits per heavy atom. The van der Waals surface area contributed by atoms with Crippen molar-refractivity contribution in [2.75, 3.05) is 47.0 Å². The highest BCUT2D eigenvalue weighted by Gasteiger charge is 2.26. The van der Waals surface area contributed by atoms with Gasteiger partial charge in [-0.05, 0) is 24.1 Å². The third-order valence-corrected chi connectivity index (χ3v) is 4.39. The number of nitrogens with two attached hydrogens (primary N) is 1. The molecular weight excluding hydrogens is 358 g/mol. The van der Waals surface area contributed by atoms with Crippen molar-refractivity contribution in [2.24, 2.45) is 5.73 Å². The fourth-order valence-corrected chi connectivity index (χ4v) is 2.86. The van der Waals surface area contributed by atoms with Gasteiger partial charge in [0.1, 0.15) is 11.8 Å². The van der Waals surface area contributed by atoms with Gasteiger partial charge in [-0.2, -0.15) is 0 Å². The molecule has 2 amide bonds. The quantitative estimate of drug-likeness (QED) is 0.746. The van der Waals surface area contributed by atoms with Crippen LogP contribution >= 0.6 is 12.4 Å². The Bertz CT molecular complexity index is 574. The summed E-state index contributed by atoms with van der Waals surface area (Å²) in [6, 6.07) is 7.10. The molecule has 1 aromatic rings. The van der Waals surface area contributed by atoms with Gasteiger partial charge < -0.3 is 25.0 Å². The molecule has 0 radical (unpaired) electrons. The van der Waals surface area contributed by atoms with Gasteiger partial charge in [-0.3, -0.25) is 9.59 Å². The molecule has 0 saturated carbocycles. The molecule has 7 nitrogen and oxygen atoms in total. The van der Waals surface area contributed by atoms with Gasteiger partial charge in [-0.25, -0.2) is 0 Å². The number of amides is 2. The van der Waals surface area contributed by atoms with Crippen molar-refractivity contribution in [3.05, 3.63) is 29.8 Å². The lowest BCUT2D eigenvalue weighted by Crippen LogP contribution is -2.55. The van der Waals surface area contributed by atoms with Crippen molar-refractivity contribution in [3.8, 4) is 5.75 Å². The SMILES string of the molecule is COCC(N)C(=O)N1CCN(C(=O)CCc2ccc(OC)cc2)CC1.Cl. The smallest absolute Gasteiger partial charge is 0.241 e. The van der Waals surface area contributed by atoms with E-state index in [9.17, 15) is 9.59 Å². The fraction of sp³-hybridized carbons (Fsp3) is 0.556. The third kappa shape index (κ3) is 6.16. The molecule has 0 aromatic heterocycles. The number of piperazine rings is 1. The summed E-state index contributed by atoms with van der Waals surface area (Å²) in [6.07, 6.45) is 1.16. The average Bonchev–Trinajstić information content (AvgIpc) is 2.66. The summed E-state index contributed by atoms with van der Waals surface area (Å²) in [5, 5.41) is 0. The van der Waals surface area contributed by atoms with E-state index in [1.807, 2.05) is 29.2 Å². The highest BCUT2D eigenvalue weighted by atomic mass is 35.5. The number of aryl methyl sites for hydroxylation is 1. The Morgan fingerprint density at radius 1 is 1.08 bits per heavy atom. The monoisotopic (exact) mass is 385 g/mol. The predicted molar refractivity (Wildman–Crippen MR) is 102 cm³/mol. The molecule has 2 rings (SSSR count). The molecule has 1 aliphatic heterocycles. The number of ether oxygens (including phenoxy) is 2. The molecule has 1 atom stereocenters. The first-order chi connectivity index (χ1) is 12.0. The van der Waals surface area contributed by atoms with Crippen molar-refractivity contribution >= 4 is 24.2 Å². The van der Waals surface area contributed by atoms with Crippen molar-refractivity contribution < 1.29 is 19.1 Å². The summed E-state index contributed by atoms with van der Waals surface area (Å²) < 4.78 is 10.0. The highest BCUT2D eigenvalue weighted by molar-refractivity contribution is 5.85. The van der Waals surface area contributed by atoms with Crippen molar-refractivity contribution in [2.45, 2.75) is 18.9 Å². The zero-order valence-electron chi connectivity index (χ0n) is 15.3. The Labute approximate surface area is 160 Å². The number of rotatable bonds is 7. The van der Waals surface area contributed by atoms with E-state index in [-0.39, 0.29) is 30.8 Å². The standard InChI is InChI=1S/C18H27N3O4.ClH/c1-24-13-16(19)18(23)21-11-9-20(10-12-21)17(22)8-5-14-3-6-15(25-2)7-4-14;/h3-4,6-7,16H,5,8-13,19H2,1-2H3;1H. The van der Waals surface area contributed by atoms with Crippen LogP contribution in [-0.4, -0.2) is 74.7 Å². The zero-order valence-corrected chi connectivity index (χ0v) is 16.2. The highest BCUT2D eigenvalue weighted by Crippen LogP contribution is 2.13. The second kappa shape index (κ2) is 11.0. The summed E-state index contributed by atoms with van der Waals surface area (Å²) in [5.74, 6) is 0.804. The summed E-state index contributed by atoms with van der Waals surface area (Å²) in [7, 11) is 3.15. The normalized spacial score (nSPS) is 15.2. The van der Waals surface area contributed by atoms with Crippen LogP contribution in [0.1, 0.15) is 12.0 Å². The number of hydrogen-bond acceptors (Lipinski definition) is 5. The van der Waals surface area contributed by atoms with Crippen LogP contribution in [0.3, 0.4) is 0 Å². The molecule has 1 fully saturated rings. The Balaban J connectivity index is 0.00000338. The van der Waals surface area contributed by atoms with Crippen molar-refractivity contribution in [1.82, 2.24) is 9.80 Å². The van der Waals surface area contributed by atoms with Crippen LogP contribution in [0, 0.1) is 0 Å². The molecule has 1 aliphatic rings. The van der Waals surface area contributed by atoms with Gasteiger partial charge in [-0.1, -0.05) is 12.1 Å². The van der Waals surface area contributed by atoms with E-state index in [2.05, 4.69) is 0 Å². The van der Waals surface area contributed by atoms with Gasteiger partial charge in [0.05, 0.1) is 13.7 Å². The number of methoxy groups -OCH3 is 2. The van der Waals surface area contributed by atoms with E-state index in [1.54, 1.807) is 12.0 Å².